The lowest BCUT2D eigenvalue weighted by Crippen LogP contribution is -2.36. The van der Waals surface area contributed by atoms with Crippen LogP contribution in [-0.4, -0.2) is 39.8 Å². The fraction of sp³-hybridized carbons (Fsp3) is 0.538. The lowest BCUT2D eigenvalue weighted by Gasteiger charge is -2.33. The standard InChI is InChI=1S/C13H20N2O2/c1-15(2)10-8-14-7-9-11(16-3)5-6-12(17-4)13(9)10/h5-6,10,14H,7-8H2,1-4H3/t10-/m0/s1. The van der Waals surface area contributed by atoms with Crippen molar-refractivity contribution in [3.8, 4) is 11.5 Å². The second-order valence-corrected chi connectivity index (χ2v) is 4.47. The van der Waals surface area contributed by atoms with Crippen molar-refractivity contribution in [2.45, 2.75) is 12.6 Å². The zero-order chi connectivity index (χ0) is 12.4. The fourth-order valence-corrected chi connectivity index (χ4v) is 2.42. The van der Waals surface area contributed by atoms with E-state index < -0.39 is 0 Å². The van der Waals surface area contributed by atoms with Crippen LogP contribution in [-0.2, 0) is 6.54 Å². The molecule has 0 aliphatic carbocycles. The first kappa shape index (κ1) is 12.2. The van der Waals surface area contributed by atoms with E-state index in [1.165, 1.54) is 11.1 Å². The molecule has 1 aliphatic rings. The average Bonchev–Trinajstić information content (AvgIpc) is 2.36. The van der Waals surface area contributed by atoms with Gasteiger partial charge < -0.3 is 19.7 Å². The highest BCUT2D eigenvalue weighted by Crippen LogP contribution is 2.38. The van der Waals surface area contributed by atoms with Crippen molar-refractivity contribution < 1.29 is 9.47 Å². The number of likely N-dealkylation sites (N-methyl/N-ethyl adjacent to an activating group) is 1. The normalized spacial score (nSPS) is 19.0. The maximum Gasteiger partial charge on any atom is 0.124 e. The Morgan fingerprint density at radius 1 is 1.18 bits per heavy atom. The largest absolute Gasteiger partial charge is 0.496 e. The van der Waals surface area contributed by atoms with E-state index >= 15 is 0 Å². The van der Waals surface area contributed by atoms with Gasteiger partial charge in [0.1, 0.15) is 11.5 Å². The van der Waals surface area contributed by atoms with Crippen LogP contribution in [0.15, 0.2) is 12.1 Å². The first-order chi connectivity index (χ1) is 8.19. The molecule has 0 unspecified atom stereocenters. The molecule has 0 aromatic heterocycles. The van der Waals surface area contributed by atoms with Gasteiger partial charge in [0.05, 0.1) is 20.3 Å². The van der Waals surface area contributed by atoms with Gasteiger partial charge in [-0.05, 0) is 26.2 Å². The van der Waals surface area contributed by atoms with Crippen molar-refractivity contribution in [2.24, 2.45) is 0 Å². The van der Waals surface area contributed by atoms with Gasteiger partial charge in [0, 0.05) is 24.2 Å². The van der Waals surface area contributed by atoms with Crippen molar-refractivity contribution in [3.05, 3.63) is 23.3 Å². The van der Waals surface area contributed by atoms with E-state index in [0.29, 0.717) is 6.04 Å². The molecular weight excluding hydrogens is 216 g/mol. The maximum atomic E-state index is 5.48. The number of benzene rings is 1. The number of nitrogens with zero attached hydrogens (tertiary/aromatic N) is 1. The summed E-state index contributed by atoms with van der Waals surface area (Å²) < 4.78 is 10.9. The van der Waals surface area contributed by atoms with Crippen molar-refractivity contribution in [1.82, 2.24) is 10.2 Å². The van der Waals surface area contributed by atoms with E-state index in [4.69, 9.17) is 9.47 Å². The summed E-state index contributed by atoms with van der Waals surface area (Å²) in [7, 11) is 7.60. The summed E-state index contributed by atoms with van der Waals surface area (Å²) in [5.41, 5.74) is 2.45. The Hall–Kier alpha value is -1.26. The minimum atomic E-state index is 0.323. The third-order valence-corrected chi connectivity index (χ3v) is 3.31. The summed E-state index contributed by atoms with van der Waals surface area (Å²) in [6.45, 7) is 1.77. The molecular formula is C13H20N2O2. The van der Waals surface area contributed by atoms with Crippen molar-refractivity contribution in [3.63, 3.8) is 0 Å². The fourth-order valence-electron chi connectivity index (χ4n) is 2.42. The summed E-state index contributed by atoms with van der Waals surface area (Å²) in [4.78, 5) is 2.20. The average molecular weight is 236 g/mol. The van der Waals surface area contributed by atoms with Crippen LogP contribution in [0.5, 0.6) is 11.5 Å². The number of fused-ring (bicyclic) bond motifs is 1. The number of nitrogens with one attached hydrogen (secondary N) is 1. The van der Waals surface area contributed by atoms with Gasteiger partial charge in [-0.25, -0.2) is 0 Å². The number of rotatable bonds is 3. The third-order valence-electron chi connectivity index (χ3n) is 3.31. The summed E-state index contributed by atoms with van der Waals surface area (Å²) in [6, 6.07) is 4.28. The van der Waals surface area contributed by atoms with E-state index in [9.17, 15) is 0 Å². The van der Waals surface area contributed by atoms with Gasteiger partial charge in [0.25, 0.3) is 0 Å². The van der Waals surface area contributed by atoms with E-state index in [-0.39, 0.29) is 0 Å². The van der Waals surface area contributed by atoms with Gasteiger partial charge in [-0.2, -0.15) is 0 Å². The molecule has 1 N–H and O–H groups in total. The molecule has 0 amide bonds. The summed E-state index contributed by atoms with van der Waals surface area (Å²) in [5, 5.41) is 3.42. The predicted molar refractivity (Wildman–Crippen MR) is 67.7 cm³/mol. The molecule has 0 fully saturated rings. The molecule has 1 heterocycles. The van der Waals surface area contributed by atoms with Gasteiger partial charge in [0.2, 0.25) is 0 Å². The summed E-state index contributed by atoms with van der Waals surface area (Å²) in [6.07, 6.45) is 0. The van der Waals surface area contributed by atoms with Crippen LogP contribution in [0.4, 0.5) is 0 Å². The van der Waals surface area contributed by atoms with Gasteiger partial charge in [-0.3, -0.25) is 0 Å². The minimum Gasteiger partial charge on any atom is -0.496 e. The van der Waals surface area contributed by atoms with Crippen molar-refractivity contribution in [1.29, 1.82) is 0 Å². The van der Waals surface area contributed by atoms with E-state index in [1.54, 1.807) is 14.2 Å². The second-order valence-electron chi connectivity index (χ2n) is 4.47. The van der Waals surface area contributed by atoms with E-state index in [1.807, 2.05) is 12.1 Å². The molecule has 0 saturated heterocycles. The molecule has 0 radical (unpaired) electrons. The third kappa shape index (κ3) is 2.10. The van der Waals surface area contributed by atoms with Crippen molar-refractivity contribution in [2.75, 3.05) is 34.9 Å². The Labute approximate surface area is 103 Å². The molecule has 2 rings (SSSR count). The minimum absolute atomic E-state index is 0.323. The van der Waals surface area contributed by atoms with Crippen LogP contribution in [0.1, 0.15) is 17.2 Å². The Morgan fingerprint density at radius 3 is 2.41 bits per heavy atom. The molecule has 0 spiro atoms. The van der Waals surface area contributed by atoms with E-state index in [2.05, 4.69) is 24.3 Å². The van der Waals surface area contributed by atoms with Crippen LogP contribution in [0.3, 0.4) is 0 Å². The molecule has 4 heteroatoms. The highest BCUT2D eigenvalue weighted by molar-refractivity contribution is 5.51. The molecule has 0 bridgehead atoms. The van der Waals surface area contributed by atoms with Crippen LogP contribution in [0.25, 0.3) is 0 Å². The smallest absolute Gasteiger partial charge is 0.124 e. The highest BCUT2D eigenvalue weighted by Gasteiger charge is 2.27. The van der Waals surface area contributed by atoms with Gasteiger partial charge in [-0.15, -0.1) is 0 Å². The van der Waals surface area contributed by atoms with Gasteiger partial charge in [-0.1, -0.05) is 0 Å². The number of hydrogen-bond acceptors (Lipinski definition) is 4. The van der Waals surface area contributed by atoms with Gasteiger partial charge in [0.15, 0.2) is 0 Å². The van der Waals surface area contributed by atoms with Gasteiger partial charge >= 0.3 is 0 Å². The molecule has 0 saturated carbocycles. The monoisotopic (exact) mass is 236 g/mol. The zero-order valence-electron chi connectivity index (χ0n) is 10.9. The summed E-state index contributed by atoms with van der Waals surface area (Å²) >= 11 is 0. The van der Waals surface area contributed by atoms with Crippen LogP contribution >= 0.6 is 0 Å². The molecule has 1 aromatic carbocycles. The van der Waals surface area contributed by atoms with Crippen molar-refractivity contribution >= 4 is 0 Å². The quantitative estimate of drug-likeness (QED) is 0.860. The van der Waals surface area contributed by atoms with E-state index in [0.717, 1.165) is 24.6 Å². The number of methoxy groups -OCH3 is 2. The van der Waals surface area contributed by atoms with Crippen LogP contribution in [0.2, 0.25) is 0 Å². The Kier molecular flexibility index (Phi) is 3.54. The number of hydrogen-bond donors (Lipinski definition) is 1. The zero-order valence-corrected chi connectivity index (χ0v) is 10.9. The molecule has 94 valence electrons. The SMILES string of the molecule is COc1ccc(OC)c2c1CNC[C@@H]2N(C)C. The molecule has 4 nitrogen and oxygen atoms in total. The van der Waals surface area contributed by atoms with Crippen LogP contribution in [0, 0.1) is 0 Å². The Balaban J connectivity index is 2.56. The predicted octanol–water partition coefficient (Wildman–Crippen LogP) is 1.41. The molecule has 1 aliphatic heterocycles. The molecule has 1 atom stereocenters. The summed E-state index contributed by atoms with van der Waals surface area (Å²) in [5.74, 6) is 1.88. The van der Waals surface area contributed by atoms with Crippen LogP contribution < -0.4 is 14.8 Å². The number of ether oxygens (including phenoxy) is 2. The molecule has 17 heavy (non-hydrogen) atoms. The maximum absolute atomic E-state index is 5.48. The Morgan fingerprint density at radius 2 is 1.82 bits per heavy atom. The Bertz CT molecular complexity index is 405. The lowest BCUT2D eigenvalue weighted by atomic mass is 9.94. The first-order valence-electron chi connectivity index (χ1n) is 5.80. The highest BCUT2D eigenvalue weighted by atomic mass is 16.5. The first-order valence-corrected chi connectivity index (χ1v) is 5.80. The topological polar surface area (TPSA) is 33.7 Å². The second kappa shape index (κ2) is 4.94. The lowest BCUT2D eigenvalue weighted by molar-refractivity contribution is 0.263. The molecule has 1 aromatic rings.